The molecule has 19 heavy (non-hydrogen) atoms. The molecule has 0 aromatic carbocycles. The van der Waals surface area contributed by atoms with Gasteiger partial charge >= 0.3 is 5.97 Å². The van der Waals surface area contributed by atoms with Crippen LogP contribution in [-0.4, -0.2) is 41.3 Å². The number of nitrogens with one attached hydrogen (secondary N) is 1. The van der Waals surface area contributed by atoms with Crippen LogP contribution in [0.2, 0.25) is 0 Å². The summed E-state index contributed by atoms with van der Waals surface area (Å²) in [7, 11) is 1.36. The molecule has 7 heteroatoms. The molecular formula is C12H15N3O3S. The number of esters is 1. The van der Waals surface area contributed by atoms with Gasteiger partial charge in [0.1, 0.15) is 21.3 Å². The maximum absolute atomic E-state index is 11.7. The first-order valence-corrected chi connectivity index (χ1v) is 6.61. The number of hydrogen-bond donors (Lipinski definition) is 2. The summed E-state index contributed by atoms with van der Waals surface area (Å²) in [6.07, 6.45) is 0. The summed E-state index contributed by atoms with van der Waals surface area (Å²) in [5, 5.41) is 12.7. The number of aliphatic hydroxyl groups excluding tert-OH is 1. The zero-order valence-electron chi connectivity index (χ0n) is 11.0. The first-order chi connectivity index (χ1) is 9.08. The van der Waals surface area contributed by atoms with Crippen LogP contribution in [0.15, 0.2) is 0 Å². The van der Waals surface area contributed by atoms with E-state index in [1.54, 1.807) is 6.92 Å². The Bertz CT molecular complexity index is 624. The topological polar surface area (TPSA) is 84.3 Å². The molecule has 0 aliphatic rings. The van der Waals surface area contributed by atoms with Gasteiger partial charge in [-0.1, -0.05) is 0 Å². The lowest BCUT2D eigenvalue weighted by Crippen LogP contribution is -2.08. The SMILES string of the molecule is COC(=O)c1sc2nc(C)nc(NCCO)c2c1C. The fourth-order valence-electron chi connectivity index (χ4n) is 1.84. The van der Waals surface area contributed by atoms with Gasteiger partial charge in [0.05, 0.1) is 19.1 Å². The highest BCUT2D eigenvalue weighted by molar-refractivity contribution is 7.20. The van der Waals surface area contributed by atoms with Crippen molar-refractivity contribution in [2.24, 2.45) is 0 Å². The van der Waals surface area contributed by atoms with Crippen LogP contribution in [0.3, 0.4) is 0 Å². The van der Waals surface area contributed by atoms with Crippen LogP contribution >= 0.6 is 11.3 Å². The molecule has 0 aliphatic carbocycles. The average Bonchev–Trinajstić information content (AvgIpc) is 2.72. The Kier molecular flexibility index (Phi) is 3.96. The van der Waals surface area contributed by atoms with E-state index in [0.717, 1.165) is 15.8 Å². The number of carbonyl (C=O) groups excluding carboxylic acids is 1. The minimum absolute atomic E-state index is 0.0115. The number of hydrogen-bond acceptors (Lipinski definition) is 7. The second-order valence-corrected chi connectivity index (χ2v) is 5.00. The first kappa shape index (κ1) is 13.7. The van der Waals surface area contributed by atoms with Gasteiger partial charge < -0.3 is 15.2 Å². The van der Waals surface area contributed by atoms with Crippen molar-refractivity contribution in [2.45, 2.75) is 13.8 Å². The minimum Gasteiger partial charge on any atom is -0.465 e. The van der Waals surface area contributed by atoms with E-state index >= 15 is 0 Å². The molecule has 0 aliphatic heterocycles. The summed E-state index contributed by atoms with van der Waals surface area (Å²) in [6, 6.07) is 0. The van der Waals surface area contributed by atoms with Gasteiger partial charge in [-0.15, -0.1) is 11.3 Å². The molecule has 0 saturated heterocycles. The van der Waals surface area contributed by atoms with Gasteiger partial charge in [-0.05, 0) is 19.4 Å². The molecule has 0 bridgehead atoms. The molecule has 2 heterocycles. The van der Waals surface area contributed by atoms with Gasteiger partial charge in [0.15, 0.2) is 0 Å². The molecule has 0 amide bonds. The number of aliphatic hydroxyl groups is 1. The molecule has 2 aromatic rings. The highest BCUT2D eigenvalue weighted by Gasteiger charge is 2.20. The standard InChI is InChI=1S/C12H15N3O3S/c1-6-8-10(13-4-5-16)14-7(2)15-11(8)19-9(6)12(17)18-3/h16H,4-5H2,1-3H3,(H,13,14,15). The molecule has 0 spiro atoms. The summed E-state index contributed by atoms with van der Waals surface area (Å²) >= 11 is 1.29. The van der Waals surface area contributed by atoms with Crippen LogP contribution in [0.5, 0.6) is 0 Å². The number of fused-ring (bicyclic) bond motifs is 1. The Balaban J connectivity index is 2.61. The van der Waals surface area contributed by atoms with E-state index in [0.29, 0.717) is 23.1 Å². The van der Waals surface area contributed by atoms with E-state index in [9.17, 15) is 4.79 Å². The molecule has 6 nitrogen and oxygen atoms in total. The van der Waals surface area contributed by atoms with Crippen LogP contribution in [-0.2, 0) is 4.74 Å². The third-order valence-electron chi connectivity index (χ3n) is 2.68. The number of thiophene rings is 1. The van der Waals surface area contributed by atoms with Crippen LogP contribution in [0.25, 0.3) is 10.2 Å². The number of aryl methyl sites for hydroxylation is 2. The van der Waals surface area contributed by atoms with Gasteiger partial charge in [-0.25, -0.2) is 14.8 Å². The zero-order valence-corrected chi connectivity index (χ0v) is 11.8. The quantitative estimate of drug-likeness (QED) is 0.826. The van der Waals surface area contributed by atoms with Crippen molar-refractivity contribution in [3.63, 3.8) is 0 Å². The number of carbonyl (C=O) groups is 1. The number of rotatable bonds is 4. The monoisotopic (exact) mass is 281 g/mol. The Morgan fingerprint density at radius 3 is 2.79 bits per heavy atom. The average molecular weight is 281 g/mol. The number of aromatic nitrogens is 2. The summed E-state index contributed by atoms with van der Waals surface area (Å²) in [4.78, 5) is 21.6. The van der Waals surface area contributed by atoms with E-state index in [1.807, 2.05) is 6.92 Å². The van der Waals surface area contributed by atoms with Crippen molar-refractivity contribution in [1.29, 1.82) is 0 Å². The third kappa shape index (κ3) is 2.52. The van der Waals surface area contributed by atoms with E-state index in [-0.39, 0.29) is 12.6 Å². The predicted molar refractivity (Wildman–Crippen MR) is 73.8 cm³/mol. The van der Waals surface area contributed by atoms with Crippen molar-refractivity contribution in [3.8, 4) is 0 Å². The van der Waals surface area contributed by atoms with Gasteiger partial charge in [0, 0.05) is 6.54 Å². The van der Waals surface area contributed by atoms with Gasteiger partial charge in [0.2, 0.25) is 0 Å². The Morgan fingerprint density at radius 1 is 1.42 bits per heavy atom. The Labute approximate surface area is 114 Å². The van der Waals surface area contributed by atoms with Crippen LogP contribution < -0.4 is 5.32 Å². The molecule has 102 valence electrons. The number of ether oxygens (including phenoxy) is 1. The Hall–Kier alpha value is -1.73. The maximum Gasteiger partial charge on any atom is 0.348 e. The Morgan fingerprint density at radius 2 is 2.16 bits per heavy atom. The second-order valence-electron chi connectivity index (χ2n) is 4.00. The molecule has 2 N–H and O–H groups in total. The lowest BCUT2D eigenvalue weighted by Gasteiger charge is -2.06. The number of nitrogens with zero attached hydrogens (tertiary/aromatic N) is 2. The van der Waals surface area contributed by atoms with Crippen molar-refractivity contribution >= 4 is 33.3 Å². The van der Waals surface area contributed by atoms with Crippen molar-refractivity contribution < 1.29 is 14.6 Å². The van der Waals surface area contributed by atoms with Crippen molar-refractivity contribution in [2.75, 3.05) is 25.6 Å². The molecule has 0 unspecified atom stereocenters. The largest absolute Gasteiger partial charge is 0.465 e. The van der Waals surface area contributed by atoms with Crippen LogP contribution in [0.4, 0.5) is 5.82 Å². The molecule has 2 aromatic heterocycles. The third-order valence-corrected chi connectivity index (χ3v) is 3.84. The first-order valence-electron chi connectivity index (χ1n) is 5.79. The normalized spacial score (nSPS) is 10.7. The fourth-order valence-corrected chi connectivity index (χ4v) is 2.98. The highest BCUT2D eigenvalue weighted by Crippen LogP contribution is 2.34. The van der Waals surface area contributed by atoms with Gasteiger partial charge in [0.25, 0.3) is 0 Å². The number of methoxy groups -OCH3 is 1. The molecule has 0 radical (unpaired) electrons. The van der Waals surface area contributed by atoms with Crippen LogP contribution in [0, 0.1) is 13.8 Å². The summed E-state index contributed by atoms with van der Waals surface area (Å²) < 4.78 is 4.76. The highest BCUT2D eigenvalue weighted by atomic mass is 32.1. The fraction of sp³-hybridized carbons (Fsp3) is 0.417. The van der Waals surface area contributed by atoms with Gasteiger partial charge in [-0.2, -0.15) is 0 Å². The van der Waals surface area contributed by atoms with Gasteiger partial charge in [-0.3, -0.25) is 0 Å². The smallest absolute Gasteiger partial charge is 0.348 e. The van der Waals surface area contributed by atoms with E-state index in [2.05, 4.69) is 15.3 Å². The number of anilines is 1. The second kappa shape index (κ2) is 5.50. The molecule has 0 fully saturated rings. The van der Waals surface area contributed by atoms with E-state index in [1.165, 1.54) is 18.4 Å². The van der Waals surface area contributed by atoms with Crippen LogP contribution in [0.1, 0.15) is 21.1 Å². The summed E-state index contributed by atoms with van der Waals surface area (Å²) in [5.74, 6) is 0.886. The lowest BCUT2D eigenvalue weighted by atomic mass is 10.2. The van der Waals surface area contributed by atoms with E-state index in [4.69, 9.17) is 9.84 Å². The minimum atomic E-state index is -0.369. The van der Waals surface area contributed by atoms with Crippen molar-refractivity contribution in [1.82, 2.24) is 9.97 Å². The molecule has 2 rings (SSSR count). The molecule has 0 saturated carbocycles. The molecule has 0 atom stereocenters. The lowest BCUT2D eigenvalue weighted by molar-refractivity contribution is 0.0605. The molecular weight excluding hydrogens is 266 g/mol. The van der Waals surface area contributed by atoms with E-state index < -0.39 is 0 Å². The summed E-state index contributed by atoms with van der Waals surface area (Å²) in [6.45, 7) is 4.04. The zero-order chi connectivity index (χ0) is 14.0. The predicted octanol–water partition coefficient (Wildman–Crippen LogP) is 1.50. The summed E-state index contributed by atoms with van der Waals surface area (Å²) in [5.41, 5.74) is 0.798. The van der Waals surface area contributed by atoms with Crippen molar-refractivity contribution in [3.05, 3.63) is 16.3 Å². The maximum atomic E-state index is 11.7.